The third-order valence-corrected chi connectivity index (χ3v) is 2.47. The number of alkyl halides is 1. The summed E-state index contributed by atoms with van der Waals surface area (Å²) in [6, 6.07) is 14.5. The fraction of sp³-hybridized carbons (Fsp3) is 0.0769. The van der Waals surface area contributed by atoms with Crippen LogP contribution >= 0.6 is 0 Å². The van der Waals surface area contributed by atoms with E-state index in [-0.39, 0.29) is 16.8 Å². The van der Waals surface area contributed by atoms with E-state index < -0.39 is 5.85 Å². The van der Waals surface area contributed by atoms with Crippen molar-refractivity contribution in [3.63, 3.8) is 0 Å². The van der Waals surface area contributed by atoms with Crippen LogP contribution in [0.3, 0.4) is 0 Å². The molecule has 2 nitrogen and oxygen atoms in total. The molecule has 2 aromatic carbocycles. The highest BCUT2D eigenvalue weighted by atomic mass is 19.2. The molecule has 0 aliphatic rings. The molecule has 3 heteroatoms. The first kappa shape index (κ1) is 10.6. The first-order valence-corrected chi connectivity index (χ1v) is 4.94. The maximum Gasteiger partial charge on any atom is 0.261 e. The molecule has 2 aromatic rings. The lowest BCUT2D eigenvalue weighted by molar-refractivity contribution is -0.0539. The van der Waals surface area contributed by atoms with Gasteiger partial charge in [-0.2, -0.15) is 0 Å². The van der Waals surface area contributed by atoms with Gasteiger partial charge in [-0.15, -0.1) is 0 Å². The minimum atomic E-state index is -2.55. The van der Waals surface area contributed by atoms with Crippen molar-refractivity contribution in [3.8, 4) is 0 Å². The first-order valence-electron chi connectivity index (χ1n) is 4.94. The molecule has 3 N–H and O–H groups in total. The van der Waals surface area contributed by atoms with Crippen LogP contribution in [0.15, 0.2) is 54.6 Å². The molecular formula is C13H12FNO. The Balaban J connectivity index is 2.51. The second kappa shape index (κ2) is 3.94. The highest BCUT2D eigenvalue weighted by Crippen LogP contribution is 2.34. The zero-order chi connectivity index (χ0) is 11.6. The van der Waals surface area contributed by atoms with Crippen LogP contribution < -0.4 is 5.73 Å². The SMILES string of the molecule is Nc1ccccc1C(O)(F)c1ccccc1. The van der Waals surface area contributed by atoms with E-state index in [2.05, 4.69) is 0 Å². The molecule has 0 spiro atoms. The molecule has 1 atom stereocenters. The molecule has 0 amide bonds. The minimum absolute atomic E-state index is 0.0706. The van der Waals surface area contributed by atoms with Gasteiger partial charge in [-0.1, -0.05) is 48.5 Å². The van der Waals surface area contributed by atoms with E-state index in [1.807, 2.05) is 0 Å². The van der Waals surface area contributed by atoms with Gasteiger partial charge in [-0.3, -0.25) is 0 Å². The van der Waals surface area contributed by atoms with Gasteiger partial charge in [-0.25, -0.2) is 4.39 Å². The van der Waals surface area contributed by atoms with Gasteiger partial charge in [0.15, 0.2) is 0 Å². The van der Waals surface area contributed by atoms with Crippen LogP contribution in [0, 0.1) is 0 Å². The maximum absolute atomic E-state index is 14.3. The Morgan fingerprint density at radius 1 is 0.938 bits per heavy atom. The van der Waals surface area contributed by atoms with Gasteiger partial charge < -0.3 is 10.8 Å². The van der Waals surface area contributed by atoms with Gasteiger partial charge in [0.1, 0.15) is 0 Å². The predicted molar refractivity (Wildman–Crippen MR) is 61.4 cm³/mol. The highest BCUT2D eigenvalue weighted by molar-refractivity contribution is 5.51. The third kappa shape index (κ3) is 1.77. The van der Waals surface area contributed by atoms with Crippen LogP contribution in [-0.2, 0) is 5.85 Å². The average Bonchev–Trinajstić information content (AvgIpc) is 2.30. The van der Waals surface area contributed by atoms with E-state index in [4.69, 9.17) is 5.73 Å². The number of hydrogen-bond acceptors (Lipinski definition) is 2. The summed E-state index contributed by atoms with van der Waals surface area (Å²) >= 11 is 0. The molecular weight excluding hydrogens is 205 g/mol. The van der Waals surface area contributed by atoms with E-state index >= 15 is 0 Å². The van der Waals surface area contributed by atoms with Crippen molar-refractivity contribution in [1.29, 1.82) is 0 Å². The smallest absolute Gasteiger partial charge is 0.261 e. The van der Waals surface area contributed by atoms with Crippen molar-refractivity contribution < 1.29 is 9.50 Å². The van der Waals surface area contributed by atoms with Gasteiger partial charge in [0.05, 0.1) is 0 Å². The molecule has 1 unspecified atom stereocenters. The standard InChI is InChI=1S/C13H12FNO/c14-13(16,10-6-2-1-3-7-10)11-8-4-5-9-12(11)15/h1-9,16H,15H2. The summed E-state index contributed by atoms with van der Waals surface area (Å²) in [7, 11) is 0. The fourth-order valence-corrected chi connectivity index (χ4v) is 1.61. The number of para-hydroxylation sites is 1. The van der Waals surface area contributed by atoms with Gasteiger partial charge in [0.2, 0.25) is 0 Å². The topological polar surface area (TPSA) is 46.2 Å². The second-order valence-corrected chi connectivity index (χ2v) is 3.58. The average molecular weight is 217 g/mol. The molecule has 0 radical (unpaired) electrons. The summed E-state index contributed by atoms with van der Waals surface area (Å²) in [6.45, 7) is 0. The van der Waals surface area contributed by atoms with E-state index in [0.717, 1.165) is 0 Å². The van der Waals surface area contributed by atoms with Gasteiger partial charge in [0, 0.05) is 16.8 Å². The maximum atomic E-state index is 14.3. The number of hydrogen-bond donors (Lipinski definition) is 2. The van der Waals surface area contributed by atoms with E-state index in [1.165, 1.54) is 18.2 Å². The Morgan fingerprint density at radius 3 is 2.12 bits per heavy atom. The van der Waals surface area contributed by atoms with Crippen LogP contribution in [-0.4, -0.2) is 5.11 Å². The van der Waals surface area contributed by atoms with Crippen LogP contribution in [0.5, 0.6) is 0 Å². The molecule has 0 aliphatic carbocycles. The number of benzene rings is 2. The number of halogens is 1. The predicted octanol–water partition coefficient (Wildman–Crippen LogP) is 2.43. The quantitative estimate of drug-likeness (QED) is 0.759. The van der Waals surface area contributed by atoms with Gasteiger partial charge in [0.25, 0.3) is 5.85 Å². The van der Waals surface area contributed by atoms with Crippen molar-refractivity contribution >= 4 is 5.69 Å². The summed E-state index contributed by atoms with van der Waals surface area (Å²) in [5, 5.41) is 9.89. The second-order valence-electron chi connectivity index (χ2n) is 3.58. The minimum Gasteiger partial charge on any atom is -0.398 e. The molecule has 0 heterocycles. The zero-order valence-corrected chi connectivity index (χ0v) is 8.60. The van der Waals surface area contributed by atoms with Gasteiger partial charge in [-0.05, 0) is 6.07 Å². The zero-order valence-electron chi connectivity index (χ0n) is 8.60. The molecule has 0 bridgehead atoms. The van der Waals surface area contributed by atoms with Crippen molar-refractivity contribution in [3.05, 3.63) is 65.7 Å². The summed E-state index contributed by atoms with van der Waals surface area (Å²) in [5.74, 6) is -2.55. The van der Waals surface area contributed by atoms with E-state index in [9.17, 15) is 9.50 Å². The normalized spacial score (nSPS) is 14.4. The molecule has 16 heavy (non-hydrogen) atoms. The number of rotatable bonds is 2. The molecule has 0 saturated carbocycles. The molecule has 2 rings (SSSR count). The molecule has 0 aliphatic heterocycles. The van der Waals surface area contributed by atoms with E-state index in [1.54, 1.807) is 36.4 Å². The third-order valence-electron chi connectivity index (χ3n) is 2.47. The molecule has 0 aromatic heterocycles. The Kier molecular flexibility index (Phi) is 2.62. The number of nitrogen functional groups attached to an aromatic ring is 1. The molecule has 82 valence electrons. The van der Waals surface area contributed by atoms with Crippen LogP contribution in [0.25, 0.3) is 0 Å². The largest absolute Gasteiger partial charge is 0.398 e. The Bertz CT molecular complexity index is 482. The lowest BCUT2D eigenvalue weighted by atomic mass is 9.98. The van der Waals surface area contributed by atoms with Crippen molar-refractivity contribution in [2.75, 3.05) is 5.73 Å². The van der Waals surface area contributed by atoms with Crippen LogP contribution in [0.4, 0.5) is 10.1 Å². The monoisotopic (exact) mass is 217 g/mol. The van der Waals surface area contributed by atoms with Gasteiger partial charge >= 0.3 is 0 Å². The molecule has 0 saturated heterocycles. The number of aliphatic hydroxyl groups is 1. The Hall–Kier alpha value is -1.87. The number of nitrogens with two attached hydrogens (primary N) is 1. The van der Waals surface area contributed by atoms with Crippen molar-refractivity contribution in [2.45, 2.75) is 5.85 Å². The Morgan fingerprint density at radius 2 is 1.50 bits per heavy atom. The van der Waals surface area contributed by atoms with Crippen LogP contribution in [0.2, 0.25) is 0 Å². The summed E-state index contributed by atoms with van der Waals surface area (Å²) in [5.41, 5.74) is 6.12. The summed E-state index contributed by atoms with van der Waals surface area (Å²) in [6.07, 6.45) is 0. The summed E-state index contributed by atoms with van der Waals surface area (Å²) in [4.78, 5) is 0. The highest BCUT2D eigenvalue weighted by Gasteiger charge is 2.32. The summed E-state index contributed by atoms with van der Waals surface area (Å²) < 4.78 is 14.3. The van der Waals surface area contributed by atoms with Crippen molar-refractivity contribution in [1.82, 2.24) is 0 Å². The lowest BCUT2D eigenvalue weighted by Crippen LogP contribution is -2.22. The Labute approximate surface area is 93.2 Å². The number of anilines is 1. The van der Waals surface area contributed by atoms with Crippen LogP contribution in [0.1, 0.15) is 11.1 Å². The lowest BCUT2D eigenvalue weighted by Gasteiger charge is -2.21. The van der Waals surface area contributed by atoms with E-state index in [0.29, 0.717) is 0 Å². The fourth-order valence-electron chi connectivity index (χ4n) is 1.61. The molecule has 0 fully saturated rings. The first-order chi connectivity index (χ1) is 7.62. The van der Waals surface area contributed by atoms with Crippen molar-refractivity contribution in [2.24, 2.45) is 0 Å².